The number of amides is 1. The molecule has 0 spiro atoms. The molecule has 0 aliphatic carbocycles. The zero-order chi connectivity index (χ0) is 22.7. The summed E-state index contributed by atoms with van der Waals surface area (Å²) in [5, 5.41) is 43.9. The SMILES string of the molecule is C[C@H]1C(O)O[C@H](CNC(=O)/C(C#N)=C/c2ccc3cc(N(C)C)ccc3c2)[C@@H](O)[C@@H]1O. The predicted octanol–water partition coefficient (Wildman–Crippen LogP) is 1.00. The molecule has 1 heterocycles. The molecule has 8 heteroatoms. The lowest BCUT2D eigenvalue weighted by molar-refractivity contribution is -0.258. The van der Waals surface area contributed by atoms with Crippen LogP contribution >= 0.6 is 0 Å². The van der Waals surface area contributed by atoms with Crippen molar-refractivity contribution in [1.29, 1.82) is 5.26 Å². The second-order valence-corrected chi connectivity index (χ2v) is 7.97. The van der Waals surface area contributed by atoms with E-state index in [1.54, 1.807) is 6.92 Å². The quantitative estimate of drug-likeness (QED) is 0.416. The van der Waals surface area contributed by atoms with Gasteiger partial charge in [0.25, 0.3) is 5.91 Å². The van der Waals surface area contributed by atoms with Crippen LogP contribution in [-0.2, 0) is 9.53 Å². The van der Waals surface area contributed by atoms with Crippen LogP contribution in [0.3, 0.4) is 0 Å². The fourth-order valence-corrected chi connectivity index (χ4v) is 3.48. The van der Waals surface area contributed by atoms with Gasteiger partial charge in [-0.25, -0.2) is 0 Å². The minimum atomic E-state index is -1.26. The van der Waals surface area contributed by atoms with Crippen molar-refractivity contribution < 1.29 is 24.9 Å². The Morgan fingerprint density at radius 3 is 2.52 bits per heavy atom. The molecule has 8 nitrogen and oxygen atoms in total. The van der Waals surface area contributed by atoms with Crippen LogP contribution < -0.4 is 10.2 Å². The second kappa shape index (κ2) is 9.45. The number of benzene rings is 2. The molecule has 1 saturated heterocycles. The molecule has 31 heavy (non-hydrogen) atoms. The van der Waals surface area contributed by atoms with Crippen LogP contribution in [0.4, 0.5) is 5.69 Å². The van der Waals surface area contributed by atoms with Crippen molar-refractivity contribution in [1.82, 2.24) is 5.32 Å². The molecule has 4 N–H and O–H groups in total. The number of rotatable bonds is 5. The molecule has 1 amide bonds. The first-order valence-electron chi connectivity index (χ1n) is 10.0. The van der Waals surface area contributed by atoms with Crippen molar-refractivity contribution >= 4 is 28.4 Å². The molecule has 2 aromatic carbocycles. The van der Waals surface area contributed by atoms with E-state index in [-0.39, 0.29) is 12.1 Å². The Bertz CT molecular complexity index is 1030. The summed E-state index contributed by atoms with van der Waals surface area (Å²) in [6.45, 7) is 1.39. The Hall–Kier alpha value is -2.96. The normalized spacial score (nSPS) is 26.4. The first-order chi connectivity index (χ1) is 14.7. The molecule has 5 atom stereocenters. The van der Waals surface area contributed by atoms with Gasteiger partial charge in [-0.3, -0.25) is 4.79 Å². The molecular formula is C23H27N3O5. The third-order valence-corrected chi connectivity index (χ3v) is 5.54. The number of carbonyl (C=O) groups is 1. The van der Waals surface area contributed by atoms with Crippen LogP contribution in [0.25, 0.3) is 16.8 Å². The smallest absolute Gasteiger partial charge is 0.262 e. The maximum Gasteiger partial charge on any atom is 0.262 e. The Kier molecular flexibility index (Phi) is 6.93. The van der Waals surface area contributed by atoms with Crippen LogP contribution in [0.15, 0.2) is 42.0 Å². The molecule has 0 aromatic heterocycles. The summed E-state index contributed by atoms with van der Waals surface area (Å²) in [6, 6.07) is 13.6. The fraction of sp³-hybridized carbons (Fsp3) is 0.391. The van der Waals surface area contributed by atoms with Gasteiger partial charge >= 0.3 is 0 Å². The summed E-state index contributed by atoms with van der Waals surface area (Å²) in [5.41, 5.74) is 1.67. The monoisotopic (exact) mass is 425 g/mol. The highest BCUT2D eigenvalue weighted by molar-refractivity contribution is 6.02. The van der Waals surface area contributed by atoms with E-state index in [1.165, 1.54) is 6.08 Å². The number of nitrogens with one attached hydrogen (secondary N) is 1. The van der Waals surface area contributed by atoms with Crippen LogP contribution in [-0.4, -0.2) is 66.5 Å². The molecule has 3 rings (SSSR count). The van der Waals surface area contributed by atoms with Crippen LogP contribution in [0.1, 0.15) is 12.5 Å². The average molecular weight is 425 g/mol. The molecule has 1 aliphatic heterocycles. The molecule has 0 radical (unpaired) electrons. The maximum absolute atomic E-state index is 12.5. The summed E-state index contributed by atoms with van der Waals surface area (Å²) >= 11 is 0. The summed E-state index contributed by atoms with van der Waals surface area (Å²) in [5.74, 6) is -1.29. The summed E-state index contributed by atoms with van der Waals surface area (Å²) in [4.78, 5) is 14.5. The fourth-order valence-electron chi connectivity index (χ4n) is 3.48. The van der Waals surface area contributed by atoms with E-state index in [0.29, 0.717) is 5.56 Å². The number of nitrogens with zero attached hydrogens (tertiary/aromatic N) is 2. The Morgan fingerprint density at radius 1 is 1.16 bits per heavy atom. The molecule has 1 fully saturated rings. The van der Waals surface area contributed by atoms with Crippen molar-refractivity contribution in [2.45, 2.75) is 31.5 Å². The van der Waals surface area contributed by atoms with E-state index in [1.807, 2.05) is 55.4 Å². The van der Waals surface area contributed by atoms with E-state index in [0.717, 1.165) is 16.5 Å². The number of carbonyl (C=O) groups excluding carboxylic acids is 1. The zero-order valence-corrected chi connectivity index (χ0v) is 17.7. The lowest BCUT2D eigenvalue weighted by Crippen LogP contribution is -2.56. The Labute approximate surface area is 181 Å². The van der Waals surface area contributed by atoms with E-state index in [2.05, 4.69) is 11.4 Å². The zero-order valence-electron chi connectivity index (χ0n) is 17.7. The van der Waals surface area contributed by atoms with E-state index >= 15 is 0 Å². The molecule has 0 bridgehead atoms. The minimum absolute atomic E-state index is 0.107. The van der Waals surface area contributed by atoms with Gasteiger partial charge in [0.05, 0.1) is 6.10 Å². The van der Waals surface area contributed by atoms with Crippen LogP contribution in [0.2, 0.25) is 0 Å². The number of hydrogen-bond acceptors (Lipinski definition) is 7. The highest BCUT2D eigenvalue weighted by atomic mass is 16.6. The Morgan fingerprint density at radius 2 is 1.84 bits per heavy atom. The van der Waals surface area contributed by atoms with Crippen molar-refractivity contribution in [2.75, 3.05) is 25.5 Å². The number of nitriles is 1. The van der Waals surface area contributed by atoms with E-state index in [4.69, 9.17) is 4.74 Å². The van der Waals surface area contributed by atoms with Gasteiger partial charge in [0.15, 0.2) is 6.29 Å². The standard InChI is InChI=1S/C23H27N3O5/c1-13-20(27)21(28)19(31-23(13)30)12-25-22(29)17(11-24)9-14-4-5-16-10-18(26(2)3)7-6-15(16)8-14/h4-10,13,19-21,23,27-28,30H,12H2,1-3H3,(H,25,29)/b17-9+/t13-,19-,20-,21-,23?/m1/s1. The van der Waals surface area contributed by atoms with Gasteiger partial charge in [0.2, 0.25) is 0 Å². The summed E-state index contributed by atoms with van der Waals surface area (Å²) in [7, 11) is 3.94. The number of aliphatic hydroxyl groups excluding tert-OH is 3. The number of hydrogen-bond donors (Lipinski definition) is 4. The van der Waals surface area contributed by atoms with E-state index in [9.17, 15) is 25.4 Å². The molecule has 0 saturated carbocycles. The van der Waals surface area contributed by atoms with E-state index < -0.39 is 36.4 Å². The summed E-state index contributed by atoms with van der Waals surface area (Å²) < 4.78 is 5.26. The highest BCUT2D eigenvalue weighted by Crippen LogP contribution is 2.25. The lowest BCUT2D eigenvalue weighted by Gasteiger charge is -2.39. The van der Waals surface area contributed by atoms with Crippen molar-refractivity contribution in [3.63, 3.8) is 0 Å². The first kappa shape index (κ1) is 22.7. The van der Waals surface area contributed by atoms with Gasteiger partial charge in [-0.2, -0.15) is 5.26 Å². The molecule has 164 valence electrons. The van der Waals surface area contributed by atoms with Gasteiger partial charge < -0.3 is 30.3 Å². The molecule has 2 aromatic rings. The highest BCUT2D eigenvalue weighted by Gasteiger charge is 2.41. The van der Waals surface area contributed by atoms with Gasteiger partial charge in [-0.1, -0.05) is 25.1 Å². The van der Waals surface area contributed by atoms with Gasteiger partial charge in [-0.15, -0.1) is 0 Å². The van der Waals surface area contributed by atoms with Gasteiger partial charge in [-0.05, 0) is 40.6 Å². The van der Waals surface area contributed by atoms with Crippen LogP contribution in [0.5, 0.6) is 0 Å². The Balaban J connectivity index is 1.71. The summed E-state index contributed by atoms with van der Waals surface area (Å²) in [6.07, 6.45) is -3.20. The van der Waals surface area contributed by atoms with Crippen LogP contribution in [0, 0.1) is 17.2 Å². The maximum atomic E-state index is 12.5. The average Bonchev–Trinajstić information content (AvgIpc) is 2.76. The number of fused-ring (bicyclic) bond motifs is 1. The van der Waals surface area contributed by atoms with Gasteiger partial charge in [0.1, 0.15) is 23.9 Å². The molecule has 1 unspecified atom stereocenters. The first-order valence-corrected chi connectivity index (χ1v) is 10.0. The second-order valence-electron chi connectivity index (χ2n) is 7.97. The number of aliphatic hydroxyl groups is 3. The minimum Gasteiger partial charge on any atom is -0.390 e. The third kappa shape index (κ3) is 5.03. The number of anilines is 1. The topological polar surface area (TPSA) is 126 Å². The number of ether oxygens (including phenoxy) is 1. The van der Waals surface area contributed by atoms with Crippen molar-refractivity contribution in [2.24, 2.45) is 5.92 Å². The third-order valence-electron chi connectivity index (χ3n) is 5.54. The van der Waals surface area contributed by atoms with Crippen molar-refractivity contribution in [3.05, 3.63) is 47.5 Å². The molecule has 1 aliphatic rings. The van der Waals surface area contributed by atoms with Crippen molar-refractivity contribution in [3.8, 4) is 6.07 Å². The lowest BCUT2D eigenvalue weighted by atomic mass is 9.92. The predicted molar refractivity (Wildman–Crippen MR) is 117 cm³/mol. The largest absolute Gasteiger partial charge is 0.390 e. The van der Waals surface area contributed by atoms with Gasteiger partial charge in [0, 0.05) is 32.2 Å². The molecular weight excluding hydrogens is 398 g/mol.